The Morgan fingerprint density at radius 3 is 2.41 bits per heavy atom. The fourth-order valence-electron chi connectivity index (χ4n) is 4.64. The average molecular weight is 399 g/mol. The Kier molecular flexibility index (Phi) is 5.43. The van der Waals surface area contributed by atoms with Gasteiger partial charge < -0.3 is 10.0 Å². The fraction of sp³-hybridized carbons (Fsp3) is 0.500. The van der Waals surface area contributed by atoms with Gasteiger partial charge >= 0.3 is 6.09 Å². The van der Waals surface area contributed by atoms with Crippen molar-refractivity contribution in [3.63, 3.8) is 0 Å². The summed E-state index contributed by atoms with van der Waals surface area (Å²) in [6.07, 6.45) is -0.385. The lowest BCUT2D eigenvalue weighted by Crippen LogP contribution is -2.48. The number of amides is 2. The summed E-state index contributed by atoms with van der Waals surface area (Å²) >= 11 is 0. The second kappa shape index (κ2) is 7.54. The van der Waals surface area contributed by atoms with Crippen molar-refractivity contribution in [2.45, 2.75) is 66.1 Å². The van der Waals surface area contributed by atoms with Crippen LogP contribution >= 0.6 is 0 Å². The minimum Gasteiger partial charge on any atom is -0.465 e. The summed E-state index contributed by atoms with van der Waals surface area (Å²) in [6.45, 7) is 11.3. The number of anilines is 1. The molecule has 7 nitrogen and oxygen atoms in total. The summed E-state index contributed by atoms with van der Waals surface area (Å²) in [5, 5.41) is 14.4. The van der Waals surface area contributed by atoms with E-state index in [-0.39, 0.29) is 24.0 Å². The number of rotatable bonds is 3. The number of nitrogens with zero attached hydrogens (tertiary/aromatic N) is 4. The summed E-state index contributed by atoms with van der Waals surface area (Å²) < 4.78 is 1.85. The molecule has 0 saturated carbocycles. The molecule has 0 spiro atoms. The number of aryl methyl sites for hydroxylation is 2. The highest BCUT2D eigenvalue weighted by Crippen LogP contribution is 2.43. The molecule has 0 radical (unpaired) electrons. The predicted molar refractivity (Wildman–Crippen MR) is 113 cm³/mol. The van der Waals surface area contributed by atoms with Crippen LogP contribution in [0.4, 0.5) is 10.5 Å². The monoisotopic (exact) mass is 398 g/mol. The Morgan fingerprint density at radius 2 is 1.93 bits per heavy atom. The Morgan fingerprint density at radius 1 is 1.28 bits per heavy atom. The van der Waals surface area contributed by atoms with Gasteiger partial charge in [0.15, 0.2) is 0 Å². The lowest BCUT2D eigenvalue weighted by atomic mass is 9.87. The molecular weight excluding hydrogens is 368 g/mol. The van der Waals surface area contributed by atoms with Crippen LogP contribution in [0.3, 0.4) is 0 Å². The van der Waals surface area contributed by atoms with E-state index in [2.05, 4.69) is 5.10 Å². The third-order valence-electron chi connectivity index (χ3n) is 5.90. The molecule has 0 saturated heterocycles. The second-order valence-electron chi connectivity index (χ2n) is 8.22. The standard InChI is InChI=1S/C22H30N4O3/c1-12(2)25(22(28)29)20-10-13(3)26(16(6)27)19-9-8-17(11-18(19)20)21-14(4)23-24(7)15(21)5/h8-9,11-13,20H,10H2,1-7H3,(H,28,29). The van der Waals surface area contributed by atoms with Gasteiger partial charge in [0.05, 0.1) is 11.7 Å². The van der Waals surface area contributed by atoms with E-state index >= 15 is 0 Å². The van der Waals surface area contributed by atoms with Crippen molar-refractivity contribution < 1.29 is 14.7 Å². The number of benzene rings is 1. The maximum atomic E-state index is 12.4. The lowest BCUT2D eigenvalue weighted by molar-refractivity contribution is -0.117. The van der Waals surface area contributed by atoms with Crippen molar-refractivity contribution in [3.05, 3.63) is 35.2 Å². The third-order valence-corrected chi connectivity index (χ3v) is 5.90. The van der Waals surface area contributed by atoms with Crippen LogP contribution in [0.25, 0.3) is 11.1 Å². The molecule has 1 aliphatic rings. The van der Waals surface area contributed by atoms with E-state index in [9.17, 15) is 14.7 Å². The summed E-state index contributed by atoms with van der Waals surface area (Å²) in [7, 11) is 1.91. The fourth-order valence-corrected chi connectivity index (χ4v) is 4.64. The van der Waals surface area contributed by atoms with E-state index in [1.165, 1.54) is 4.90 Å². The Labute approximate surface area is 171 Å². The van der Waals surface area contributed by atoms with Gasteiger partial charge in [0, 0.05) is 43.0 Å². The predicted octanol–water partition coefficient (Wildman–Crippen LogP) is 4.28. The zero-order chi connectivity index (χ0) is 21.6. The van der Waals surface area contributed by atoms with Gasteiger partial charge in [0.1, 0.15) is 0 Å². The first-order valence-electron chi connectivity index (χ1n) is 10.00. The van der Waals surface area contributed by atoms with E-state index < -0.39 is 6.09 Å². The molecule has 1 aromatic carbocycles. The van der Waals surface area contributed by atoms with Gasteiger partial charge in [0.25, 0.3) is 0 Å². The summed E-state index contributed by atoms with van der Waals surface area (Å²) in [6, 6.07) is 5.41. The van der Waals surface area contributed by atoms with Crippen molar-refractivity contribution in [1.82, 2.24) is 14.7 Å². The summed E-state index contributed by atoms with van der Waals surface area (Å²) in [4.78, 5) is 27.7. The molecule has 1 aliphatic heterocycles. The van der Waals surface area contributed by atoms with Crippen LogP contribution in [-0.2, 0) is 11.8 Å². The van der Waals surface area contributed by atoms with E-state index in [0.29, 0.717) is 6.42 Å². The minimum absolute atomic E-state index is 0.0369. The molecule has 2 heterocycles. The van der Waals surface area contributed by atoms with Gasteiger partial charge in [-0.1, -0.05) is 6.07 Å². The largest absolute Gasteiger partial charge is 0.465 e. The van der Waals surface area contributed by atoms with Crippen LogP contribution in [0.15, 0.2) is 18.2 Å². The average Bonchev–Trinajstić information content (AvgIpc) is 2.86. The summed E-state index contributed by atoms with van der Waals surface area (Å²) in [5.74, 6) is -0.0369. The molecule has 1 aromatic heterocycles. The Bertz CT molecular complexity index is 963. The van der Waals surface area contributed by atoms with Crippen molar-refractivity contribution in [2.75, 3.05) is 4.90 Å². The molecule has 1 N–H and O–H groups in total. The van der Waals surface area contributed by atoms with E-state index in [1.807, 2.05) is 64.5 Å². The SMILES string of the molecule is CC(=O)N1c2ccc(-c3c(C)nn(C)c3C)cc2C(N(C(=O)O)C(C)C)CC1C. The highest BCUT2D eigenvalue weighted by Gasteiger charge is 2.38. The van der Waals surface area contributed by atoms with Crippen LogP contribution in [-0.4, -0.2) is 43.9 Å². The van der Waals surface area contributed by atoms with Crippen LogP contribution in [0.2, 0.25) is 0 Å². The third kappa shape index (κ3) is 3.50. The normalized spacial score (nSPS) is 18.7. The molecule has 2 atom stereocenters. The number of aromatic nitrogens is 2. The maximum absolute atomic E-state index is 12.4. The van der Waals surface area contributed by atoms with E-state index in [4.69, 9.17) is 0 Å². The number of fused-ring (bicyclic) bond motifs is 1. The first kappa shape index (κ1) is 20.9. The molecule has 2 unspecified atom stereocenters. The molecule has 2 amide bonds. The van der Waals surface area contributed by atoms with Crippen LogP contribution in [0.1, 0.15) is 57.1 Å². The number of carboxylic acid groups (broad SMARTS) is 1. The van der Waals surface area contributed by atoms with Gasteiger partial charge in [-0.3, -0.25) is 14.4 Å². The van der Waals surface area contributed by atoms with Crippen molar-refractivity contribution in [1.29, 1.82) is 0 Å². The smallest absolute Gasteiger partial charge is 0.408 e. The van der Waals surface area contributed by atoms with Crippen LogP contribution in [0.5, 0.6) is 0 Å². The number of carbonyl (C=O) groups is 2. The topological polar surface area (TPSA) is 78.7 Å². The Balaban J connectivity index is 2.24. The molecule has 2 aromatic rings. The van der Waals surface area contributed by atoms with Gasteiger partial charge in [0.2, 0.25) is 5.91 Å². The second-order valence-corrected chi connectivity index (χ2v) is 8.22. The maximum Gasteiger partial charge on any atom is 0.408 e. The number of hydrogen-bond acceptors (Lipinski definition) is 3. The van der Waals surface area contributed by atoms with E-state index in [1.54, 1.807) is 11.8 Å². The molecular formula is C22H30N4O3. The van der Waals surface area contributed by atoms with Gasteiger partial charge in [-0.25, -0.2) is 4.79 Å². The first-order chi connectivity index (χ1) is 13.5. The molecule has 0 aliphatic carbocycles. The quantitative estimate of drug-likeness (QED) is 0.837. The number of carbonyl (C=O) groups excluding carboxylic acids is 1. The lowest BCUT2D eigenvalue weighted by Gasteiger charge is -2.43. The molecule has 29 heavy (non-hydrogen) atoms. The van der Waals surface area contributed by atoms with Crippen molar-refractivity contribution in [3.8, 4) is 11.1 Å². The molecule has 3 rings (SSSR count). The van der Waals surface area contributed by atoms with Gasteiger partial charge in [-0.2, -0.15) is 5.10 Å². The van der Waals surface area contributed by atoms with Gasteiger partial charge in [-0.15, -0.1) is 0 Å². The first-order valence-corrected chi connectivity index (χ1v) is 10.00. The summed E-state index contributed by atoms with van der Waals surface area (Å²) in [5.41, 5.74) is 5.67. The number of hydrogen-bond donors (Lipinski definition) is 1. The molecule has 7 heteroatoms. The molecule has 156 valence electrons. The molecule has 0 fully saturated rings. The van der Waals surface area contributed by atoms with Crippen molar-refractivity contribution in [2.24, 2.45) is 7.05 Å². The van der Waals surface area contributed by atoms with Crippen molar-refractivity contribution >= 4 is 17.7 Å². The zero-order valence-electron chi connectivity index (χ0n) is 18.2. The van der Waals surface area contributed by atoms with E-state index in [0.717, 1.165) is 33.8 Å². The van der Waals surface area contributed by atoms with Crippen LogP contribution < -0.4 is 4.90 Å². The highest BCUT2D eigenvalue weighted by atomic mass is 16.4. The zero-order valence-corrected chi connectivity index (χ0v) is 18.2. The minimum atomic E-state index is -0.946. The Hall–Kier alpha value is -2.83. The molecule has 0 bridgehead atoms. The van der Waals surface area contributed by atoms with Crippen LogP contribution in [0, 0.1) is 13.8 Å². The highest BCUT2D eigenvalue weighted by molar-refractivity contribution is 5.94. The van der Waals surface area contributed by atoms with Gasteiger partial charge in [-0.05, 0) is 64.3 Å².